The Hall–Kier alpha value is -1.55. The number of allylic oxidation sites excluding steroid dienone is 3. The van der Waals surface area contributed by atoms with E-state index >= 15 is 0 Å². The van der Waals surface area contributed by atoms with E-state index in [-0.39, 0.29) is 26.1 Å². The minimum Gasteiger partial charge on any atom is -0.756 e. The number of carbonyl (C=O) groups is 2. The fourth-order valence-corrected chi connectivity index (χ4v) is 6.97. The zero-order chi connectivity index (χ0) is 40.5. The van der Waals surface area contributed by atoms with Crippen LogP contribution in [0.5, 0.6) is 0 Å². The number of unbranched alkanes of at least 4 members (excludes halogenated alkanes) is 18. The lowest BCUT2D eigenvalue weighted by Crippen LogP contribution is -2.37. The molecule has 0 aromatic heterocycles. The number of likely N-dealkylation sites (N-methyl/N-ethyl adjacent to an activating group) is 1. The molecular formula is C44H82NO9P. The highest BCUT2D eigenvalue weighted by Gasteiger charge is 2.36. The quantitative estimate of drug-likeness (QED) is 0.0149. The topological polar surface area (TPSA) is 124 Å². The van der Waals surface area contributed by atoms with Crippen molar-refractivity contribution in [2.24, 2.45) is 0 Å². The standard InChI is InChI=1S/C44H82NO9P/c1-6-8-10-11-12-13-14-15-16-17-18-19-23-26-30-34-43(46)50-38-40(39-52-55(48,49)51-37-36-45(3,4)5)53-44(47)35-31-27-24-21-20-22-25-29-33-42-41(54-42)32-28-9-7-2/h13-14,25,29,40-42H,6-12,15-24,26-28,30-39H2,1-5H3/b14-13-,29-25-/t40-,41?,42?/m1/s1. The molecule has 0 saturated carbocycles. The van der Waals surface area contributed by atoms with Gasteiger partial charge in [-0.2, -0.15) is 0 Å². The molecule has 1 fully saturated rings. The van der Waals surface area contributed by atoms with Crippen LogP contribution >= 0.6 is 7.82 Å². The van der Waals surface area contributed by atoms with Gasteiger partial charge in [0.2, 0.25) is 0 Å². The molecule has 0 aliphatic carbocycles. The summed E-state index contributed by atoms with van der Waals surface area (Å²) in [6.07, 6.45) is 36.5. The first-order valence-electron chi connectivity index (χ1n) is 22.2. The number of ether oxygens (including phenoxy) is 3. The SMILES string of the molecule is CCCCCC/C=C\CCCCCCCCCC(=O)OC[C@H](COP(=O)([O-])OCC[N+](C)(C)C)OC(=O)CCCCCCC/C=C\CC1OC1CCCCC. The Morgan fingerprint density at radius 1 is 0.655 bits per heavy atom. The average Bonchev–Trinajstić information content (AvgIpc) is 3.89. The van der Waals surface area contributed by atoms with E-state index in [4.69, 9.17) is 23.3 Å². The van der Waals surface area contributed by atoms with Gasteiger partial charge in [-0.25, -0.2) is 0 Å². The highest BCUT2D eigenvalue weighted by atomic mass is 31.2. The zero-order valence-corrected chi connectivity index (χ0v) is 36.7. The Kier molecular flexibility index (Phi) is 31.3. The van der Waals surface area contributed by atoms with Gasteiger partial charge in [0.1, 0.15) is 19.8 Å². The molecule has 1 heterocycles. The summed E-state index contributed by atoms with van der Waals surface area (Å²) >= 11 is 0. The molecule has 0 amide bonds. The molecule has 0 spiro atoms. The van der Waals surface area contributed by atoms with Crippen LogP contribution in [0.15, 0.2) is 24.3 Å². The number of hydrogen-bond acceptors (Lipinski definition) is 9. The number of phosphoric acid groups is 1. The van der Waals surface area contributed by atoms with E-state index in [0.717, 1.165) is 70.6 Å². The number of rotatable bonds is 39. The van der Waals surface area contributed by atoms with Crippen molar-refractivity contribution in [3.63, 3.8) is 0 Å². The number of hydrogen-bond donors (Lipinski definition) is 0. The zero-order valence-electron chi connectivity index (χ0n) is 35.8. The van der Waals surface area contributed by atoms with Crippen LogP contribution in [0.4, 0.5) is 0 Å². The molecule has 322 valence electrons. The molecule has 1 aliphatic rings. The van der Waals surface area contributed by atoms with E-state index in [1.807, 2.05) is 21.1 Å². The molecule has 3 unspecified atom stereocenters. The summed E-state index contributed by atoms with van der Waals surface area (Å²) in [5, 5.41) is 0. The summed E-state index contributed by atoms with van der Waals surface area (Å²) in [5.74, 6) is -0.859. The molecule has 4 atom stereocenters. The predicted octanol–water partition coefficient (Wildman–Crippen LogP) is 10.7. The number of quaternary nitrogens is 1. The third kappa shape index (κ3) is 34.2. The van der Waals surface area contributed by atoms with Gasteiger partial charge in [-0.1, -0.05) is 128 Å². The summed E-state index contributed by atoms with van der Waals surface area (Å²) in [5.41, 5.74) is 0. The van der Waals surface area contributed by atoms with E-state index in [1.54, 1.807) is 0 Å². The van der Waals surface area contributed by atoms with Crippen molar-refractivity contribution in [2.45, 2.75) is 199 Å². The van der Waals surface area contributed by atoms with Crippen molar-refractivity contribution in [3.05, 3.63) is 24.3 Å². The van der Waals surface area contributed by atoms with Crippen LogP contribution in [0.3, 0.4) is 0 Å². The maximum Gasteiger partial charge on any atom is 0.306 e. The van der Waals surface area contributed by atoms with Crippen molar-refractivity contribution >= 4 is 19.8 Å². The third-order valence-corrected chi connectivity index (χ3v) is 10.8. The minimum atomic E-state index is -4.63. The van der Waals surface area contributed by atoms with Gasteiger partial charge in [0.25, 0.3) is 7.82 Å². The molecule has 0 bridgehead atoms. The number of nitrogens with zero attached hydrogens (tertiary/aromatic N) is 1. The van der Waals surface area contributed by atoms with E-state index in [2.05, 4.69) is 38.2 Å². The normalized spacial score (nSPS) is 17.5. The van der Waals surface area contributed by atoms with Crippen LogP contribution in [-0.2, 0) is 37.4 Å². The van der Waals surface area contributed by atoms with Crippen LogP contribution in [0.1, 0.15) is 181 Å². The van der Waals surface area contributed by atoms with E-state index in [9.17, 15) is 19.0 Å². The summed E-state index contributed by atoms with van der Waals surface area (Å²) < 4.78 is 39.6. The second-order valence-corrected chi connectivity index (χ2v) is 17.9. The summed E-state index contributed by atoms with van der Waals surface area (Å²) in [4.78, 5) is 37.5. The number of esters is 2. The molecule has 0 aromatic rings. The molecule has 11 heteroatoms. The Balaban J connectivity index is 2.28. The lowest BCUT2D eigenvalue weighted by atomic mass is 10.1. The van der Waals surface area contributed by atoms with Gasteiger partial charge >= 0.3 is 11.9 Å². The van der Waals surface area contributed by atoms with Gasteiger partial charge < -0.3 is 32.6 Å². The summed E-state index contributed by atoms with van der Waals surface area (Å²) in [7, 11) is 1.15. The second-order valence-electron chi connectivity index (χ2n) is 16.4. The molecule has 10 nitrogen and oxygen atoms in total. The van der Waals surface area contributed by atoms with Crippen molar-refractivity contribution < 1.29 is 46.8 Å². The summed E-state index contributed by atoms with van der Waals surface area (Å²) in [6.45, 7) is 4.16. The first-order valence-corrected chi connectivity index (χ1v) is 23.6. The van der Waals surface area contributed by atoms with Crippen molar-refractivity contribution in [1.82, 2.24) is 0 Å². The third-order valence-electron chi connectivity index (χ3n) is 9.87. The van der Waals surface area contributed by atoms with Gasteiger partial charge in [-0.3, -0.25) is 14.2 Å². The van der Waals surface area contributed by atoms with Crippen molar-refractivity contribution in [3.8, 4) is 0 Å². The molecule has 1 saturated heterocycles. The van der Waals surface area contributed by atoms with Crippen LogP contribution < -0.4 is 4.89 Å². The fourth-order valence-electron chi connectivity index (χ4n) is 6.24. The van der Waals surface area contributed by atoms with Crippen LogP contribution in [0.25, 0.3) is 0 Å². The van der Waals surface area contributed by atoms with Gasteiger partial charge in [0.15, 0.2) is 6.10 Å². The van der Waals surface area contributed by atoms with E-state index in [0.29, 0.717) is 29.7 Å². The molecule has 0 radical (unpaired) electrons. The molecule has 0 N–H and O–H groups in total. The highest BCUT2D eigenvalue weighted by molar-refractivity contribution is 7.45. The van der Waals surface area contributed by atoms with Crippen molar-refractivity contribution in [1.29, 1.82) is 0 Å². The maximum absolute atomic E-state index is 12.7. The number of phosphoric ester groups is 1. The maximum atomic E-state index is 12.7. The van der Waals surface area contributed by atoms with Crippen LogP contribution in [0.2, 0.25) is 0 Å². The highest BCUT2D eigenvalue weighted by Crippen LogP contribution is 2.38. The van der Waals surface area contributed by atoms with Crippen LogP contribution in [-0.4, -0.2) is 82.2 Å². The van der Waals surface area contributed by atoms with Gasteiger partial charge in [-0.15, -0.1) is 0 Å². The smallest absolute Gasteiger partial charge is 0.306 e. The lowest BCUT2D eigenvalue weighted by molar-refractivity contribution is -0.870. The second kappa shape index (κ2) is 33.4. The van der Waals surface area contributed by atoms with E-state index in [1.165, 1.54) is 77.0 Å². The molecular weight excluding hydrogens is 717 g/mol. The van der Waals surface area contributed by atoms with Crippen molar-refractivity contribution in [2.75, 3.05) is 47.5 Å². The molecule has 55 heavy (non-hydrogen) atoms. The predicted molar refractivity (Wildman–Crippen MR) is 222 cm³/mol. The van der Waals surface area contributed by atoms with Gasteiger partial charge in [0, 0.05) is 12.8 Å². The molecule has 1 rings (SSSR count). The molecule has 0 aromatic carbocycles. The van der Waals surface area contributed by atoms with Gasteiger partial charge in [0.05, 0.1) is 40.0 Å². The number of carbonyl (C=O) groups excluding carboxylic acids is 2. The Morgan fingerprint density at radius 2 is 1.16 bits per heavy atom. The fraction of sp³-hybridized carbons (Fsp3) is 0.864. The Morgan fingerprint density at radius 3 is 1.75 bits per heavy atom. The Bertz CT molecular complexity index is 1060. The number of epoxide rings is 1. The summed E-state index contributed by atoms with van der Waals surface area (Å²) in [6, 6.07) is 0. The van der Waals surface area contributed by atoms with E-state index < -0.39 is 32.5 Å². The van der Waals surface area contributed by atoms with Gasteiger partial charge in [-0.05, 0) is 64.2 Å². The molecule has 1 aliphatic heterocycles. The monoisotopic (exact) mass is 800 g/mol. The Labute approximate surface area is 336 Å². The average molecular weight is 800 g/mol. The largest absolute Gasteiger partial charge is 0.756 e. The lowest BCUT2D eigenvalue weighted by Gasteiger charge is -2.28. The first-order chi connectivity index (χ1) is 26.5. The minimum absolute atomic E-state index is 0.0361. The first kappa shape index (κ1) is 51.5. The van der Waals surface area contributed by atoms with Crippen LogP contribution in [0, 0.1) is 0 Å².